The lowest BCUT2D eigenvalue weighted by molar-refractivity contribution is -0.113. The van der Waals surface area contributed by atoms with Crippen LogP contribution >= 0.6 is 23.1 Å². The quantitative estimate of drug-likeness (QED) is 0.374. The number of nitrogens with zero attached hydrogens (tertiary/aromatic N) is 2. The summed E-state index contributed by atoms with van der Waals surface area (Å²) in [5, 5.41) is 13.8. The van der Waals surface area contributed by atoms with Gasteiger partial charge in [-0.25, -0.2) is 0 Å². The molecule has 0 bridgehead atoms. The van der Waals surface area contributed by atoms with Gasteiger partial charge in [-0.15, -0.1) is 10.2 Å². The highest BCUT2D eigenvalue weighted by atomic mass is 32.2. The number of carbonyl (C=O) groups is 2. The monoisotopic (exact) mass is 474 g/mol. The molecule has 10 nitrogen and oxygen atoms in total. The van der Waals surface area contributed by atoms with E-state index in [2.05, 4.69) is 20.8 Å². The van der Waals surface area contributed by atoms with Crippen molar-refractivity contribution in [2.45, 2.75) is 4.34 Å². The molecule has 0 spiro atoms. The molecule has 0 saturated carbocycles. The van der Waals surface area contributed by atoms with Crippen LogP contribution in [0, 0.1) is 0 Å². The van der Waals surface area contributed by atoms with Crippen LogP contribution in [0.3, 0.4) is 0 Å². The number of amides is 2. The molecule has 2 N–H and O–H groups in total. The molecule has 2 aromatic carbocycles. The van der Waals surface area contributed by atoms with Crippen molar-refractivity contribution in [2.24, 2.45) is 0 Å². The summed E-state index contributed by atoms with van der Waals surface area (Å²) in [6, 6.07) is 10.0. The maximum atomic E-state index is 12.5. The summed E-state index contributed by atoms with van der Waals surface area (Å²) in [6.45, 7) is 0.171. The number of hydrogen-bond acceptors (Lipinski definition) is 10. The van der Waals surface area contributed by atoms with Crippen molar-refractivity contribution in [1.82, 2.24) is 10.2 Å². The van der Waals surface area contributed by atoms with Crippen LogP contribution in [-0.4, -0.2) is 48.8 Å². The molecule has 0 aliphatic carbocycles. The maximum Gasteiger partial charge on any atom is 0.257 e. The highest BCUT2D eigenvalue weighted by Crippen LogP contribution is 2.34. The minimum absolute atomic E-state index is 0.132. The molecule has 3 aromatic rings. The molecule has 32 heavy (non-hydrogen) atoms. The second-order valence-electron chi connectivity index (χ2n) is 6.30. The van der Waals surface area contributed by atoms with Crippen LogP contribution in [0.15, 0.2) is 40.7 Å². The Morgan fingerprint density at radius 2 is 1.84 bits per heavy atom. The second kappa shape index (κ2) is 9.75. The van der Waals surface area contributed by atoms with Gasteiger partial charge in [0.1, 0.15) is 0 Å². The number of fused-ring (bicyclic) bond motifs is 1. The van der Waals surface area contributed by atoms with E-state index in [-0.39, 0.29) is 24.4 Å². The molecule has 1 aliphatic rings. The van der Waals surface area contributed by atoms with Crippen LogP contribution in [0.2, 0.25) is 0 Å². The Bertz CT molecular complexity index is 1150. The first-order chi connectivity index (χ1) is 15.6. The first kappa shape index (κ1) is 21.7. The van der Waals surface area contributed by atoms with Gasteiger partial charge in [0.25, 0.3) is 5.91 Å². The van der Waals surface area contributed by atoms with Crippen molar-refractivity contribution < 1.29 is 28.5 Å². The van der Waals surface area contributed by atoms with Gasteiger partial charge in [0.2, 0.25) is 17.8 Å². The number of rotatable bonds is 8. The molecule has 2 heterocycles. The van der Waals surface area contributed by atoms with Crippen molar-refractivity contribution in [1.29, 1.82) is 0 Å². The summed E-state index contributed by atoms with van der Waals surface area (Å²) >= 11 is 2.39. The number of anilines is 2. The molecular formula is C20H18N4O6S2. The normalized spacial score (nSPS) is 11.7. The lowest BCUT2D eigenvalue weighted by atomic mass is 10.2. The standard InChI is InChI=1S/C20H18N4O6S2/c1-27-13-5-3-11(7-15(13)28-2)18(26)22-19-23-24-20(32-19)31-9-17(25)21-12-4-6-14-16(8-12)30-10-29-14/h3-8H,9-10H2,1-2H3,(H,21,25)(H,22,23,26). The van der Waals surface area contributed by atoms with Gasteiger partial charge in [0, 0.05) is 17.3 Å². The van der Waals surface area contributed by atoms with E-state index in [1.54, 1.807) is 36.4 Å². The Labute approximate surface area is 191 Å². The summed E-state index contributed by atoms with van der Waals surface area (Å²) in [5.74, 6) is 1.77. The number of aromatic nitrogens is 2. The van der Waals surface area contributed by atoms with E-state index < -0.39 is 0 Å². The van der Waals surface area contributed by atoms with E-state index in [0.29, 0.717) is 43.7 Å². The van der Waals surface area contributed by atoms with Gasteiger partial charge in [0.15, 0.2) is 27.3 Å². The maximum absolute atomic E-state index is 12.5. The lowest BCUT2D eigenvalue weighted by Crippen LogP contribution is -2.13. The molecule has 0 atom stereocenters. The Hall–Kier alpha value is -3.51. The fraction of sp³-hybridized carbons (Fsp3) is 0.200. The first-order valence-corrected chi connectivity index (χ1v) is 11.0. The molecular weight excluding hydrogens is 456 g/mol. The number of methoxy groups -OCH3 is 2. The summed E-state index contributed by atoms with van der Waals surface area (Å²) in [6.07, 6.45) is 0. The highest BCUT2D eigenvalue weighted by molar-refractivity contribution is 8.01. The fourth-order valence-corrected chi connectivity index (χ4v) is 4.31. The van der Waals surface area contributed by atoms with Crippen molar-refractivity contribution in [2.75, 3.05) is 37.4 Å². The summed E-state index contributed by atoms with van der Waals surface area (Å²) < 4.78 is 21.5. The van der Waals surface area contributed by atoms with Crippen molar-refractivity contribution in [3.05, 3.63) is 42.0 Å². The summed E-state index contributed by atoms with van der Waals surface area (Å²) in [7, 11) is 3.02. The van der Waals surface area contributed by atoms with Crippen LogP contribution in [0.4, 0.5) is 10.8 Å². The predicted molar refractivity (Wildman–Crippen MR) is 119 cm³/mol. The Morgan fingerprint density at radius 1 is 1.03 bits per heavy atom. The molecule has 4 rings (SSSR count). The number of nitrogens with one attached hydrogen (secondary N) is 2. The second-order valence-corrected chi connectivity index (χ2v) is 8.50. The third-order valence-corrected chi connectivity index (χ3v) is 6.23. The number of hydrogen-bond donors (Lipinski definition) is 2. The zero-order chi connectivity index (χ0) is 22.5. The van der Waals surface area contributed by atoms with Gasteiger partial charge >= 0.3 is 0 Å². The van der Waals surface area contributed by atoms with E-state index in [9.17, 15) is 9.59 Å². The van der Waals surface area contributed by atoms with E-state index in [4.69, 9.17) is 18.9 Å². The molecule has 2 amide bonds. The third-order valence-electron chi connectivity index (χ3n) is 4.26. The number of thioether (sulfide) groups is 1. The largest absolute Gasteiger partial charge is 0.493 e. The van der Waals surface area contributed by atoms with Crippen molar-refractivity contribution >= 4 is 45.7 Å². The van der Waals surface area contributed by atoms with Crippen LogP contribution in [0.1, 0.15) is 10.4 Å². The Kier molecular flexibility index (Phi) is 6.61. The number of ether oxygens (including phenoxy) is 4. The summed E-state index contributed by atoms with van der Waals surface area (Å²) in [4.78, 5) is 24.7. The Balaban J connectivity index is 1.30. The SMILES string of the molecule is COc1ccc(C(=O)Nc2nnc(SCC(=O)Nc3ccc4c(c3)OCO4)s2)cc1OC. The van der Waals surface area contributed by atoms with Gasteiger partial charge in [-0.05, 0) is 30.3 Å². The van der Waals surface area contributed by atoms with Gasteiger partial charge in [-0.1, -0.05) is 23.1 Å². The molecule has 0 unspecified atom stereocenters. The molecule has 0 fully saturated rings. The minimum atomic E-state index is -0.362. The smallest absolute Gasteiger partial charge is 0.257 e. The van der Waals surface area contributed by atoms with E-state index in [1.807, 2.05) is 0 Å². The van der Waals surface area contributed by atoms with Gasteiger partial charge in [-0.3, -0.25) is 14.9 Å². The van der Waals surface area contributed by atoms with E-state index in [0.717, 1.165) is 0 Å². The third kappa shape index (κ3) is 5.03. The number of carbonyl (C=O) groups excluding carboxylic acids is 2. The Morgan fingerprint density at radius 3 is 2.66 bits per heavy atom. The first-order valence-electron chi connectivity index (χ1n) is 9.25. The fourth-order valence-electron chi connectivity index (χ4n) is 2.76. The highest BCUT2D eigenvalue weighted by Gasteiger charge is 2.16. The summed E-state index contributed by atoms with van der Waals surface area (Å²) in [5.41, 5.74) is 0.996. The van der Waals surface area contributed by atoms with E-state index >= 15 is 0 Å². The van der Waals surface area contributed by atoms with Crippen molar-refractivity contribution in [3.63, 3.8) is 0 Å². The average Bonchev–Trinajstić information content (AvgIpc) is 3.46. The zero-order valence-corrected chi connectivity index (χ0v) is 18.7. The average molecular weight is 475 g/mol. The van der Waals surface area contributed by atoms with Gasteiger partial charge in [0.05, 0.1) is 20.0 Å². The minimum Gasteiger partial charge on any atom is -0.493 e. The van der Waals surface area contributed by atoms with Gasteiger partial charge < -0.3 is 24.3 Å². The van der Waals surface area contributed by atoms with E-state index in [1.165, 1.54) is 37.3 Å². The zero-order valence-electron chi connectivity index (χ0n) is 17.0. The van der Waals surface area contributed by atoms with Crippen LogP contribution in [0.5, 0.6) is 23.0 Å². The molecule has 0 radical (unpaired) electrons. The van der Waals surface area contributed by atoms with Crippen molar-refractivity contribution in [3.8, 4) is 23.0 Å². The lowest BCUT2D eigenvalue weighted by Gasteiger charge is -2.08. The number of benzene rings is 2. The van der Waals surface area contributed by atoms with Crippen LogP contribution in [0.25, 0.3) is 0 Å². The molecule has 12 heteroatoms. The van der Waals surface area contributed by atoms with Crippen LogP contribution < -0.4 is 29.6 Å². The van der Waals surface area contributed by atoms with Gasteiger partial charge in [-0.2, -0.15) is 0 Å². The van der Waals surface area contributed by atoms with Crippen LogP contribution in [-0.2, 0) is 4.79 Å². The topological polar surface area (TPSA) is 121 Å². The molecule has 0 saturated heterocycles. The molecule has 166 valence electrons. The predicted octanol–water partition coefficient (Wildman–Crippen LogP) is 3.27. The molecule has 1 aromatic heterocycles. The molecule has 1 aliphatic heterocycles.